The molecule has 19 heavy (non-hydrogen) atoms. The summed E-state index contributed by atoms with van der Waals surface area (Å²) in [5.74, 6) is 1.75. The van der Waals surface area contributed by atoms with Gasteiger partial charge in [-0.2, -0.15) is 0 Å². The van der Waals surface area contributed by atoms with E-state index >= 15 is 0 Å². The Balaban J connectivity index is 2.05. The van der Waals surface area contributed by atoms with E-state index in [9.17, 15) is 0 Å². The molecule has 0 atom stereocenters. The summed E-state index contributed by atoms with van der Waals surface area (Å²) in [6.07, 6.45) is 0. The normalized spacial score (nSPS) is 11.0. The Morgan fingerprint density at radius 2 is 2.05 bits per heavy atom. The fourth-order valence-electron chi connectivity index (χ4n) is 1.56. The number of nitrogens with zero attached hydrogens (tertiary/aromatic N) is 2. The molecule has 0 aliphatic heterocycles. The highest BCUT2D eigenvalue weighted by Crippen LogP contribution is 2.30. The van der Waals surface area contributed by atoms with Crippen LogP contribution in [0.25, 0.3) is 0 Å². The molecule has 0 radical (unpaired) electrons. The number of nitrogens with one attached hydrogen (secondary N) is 1. The van der Waals surface area contributed by atoms with Crippen LogP contribution in [0.4, 0.5) is 10.8 Å². The molecule has 5 heteroatoms. The zero-order chi connectivity index (χ0) is 13.8. The first-order valence-electron chi connectivity index (χ1n) is 6.36. The summed E-state index contributed by atoms with van der Waals surface area (Å²) in [5, 5.41) is 12.6. The van der Waals surface area contributed by atoms with Crippen molar-refractivity contribution in [2.24, 2.45) is 5.92 Å². The second-order valence-corrected chi connectivity index (χ2v) is 7.20. The fourth-order valence-corrected chi connectivity index (χ4v) is 3.30. The molecule has 2 rings (SSSR count). The number of thioether (sulfide) groups is 1. The van der Waals surface area contributed by atoms with Gasteiger partial charge in [-0.1, -0.05) is 49.1 Å². The van der Waals surface area contributed by atoms with E-state index in [4.69, 9.17) is 0 Å². The smallest absolute Gasteiger partial charge is 0.210 e. The lowest BCUT2D eigenvalue weighted by Gasteiger charge is -2.08. The van der Waals surface area contributed by atoms with Crippen LogP contribution in [-0.4, -0.2) is 16.0 Å². The third-order valence-corrected chi connectivity index (χ3v) is 5.19. The van der Waals surface area contributed by atoms with Crippen LogP contribution in [0.15, 0.2) is 22.5 Å². The van der Waals surface area contributed by atoms with Gasteiger partial charge in [0.15, 0.2) is 4.34 Å². The molecule has 0 saturated carbocycles. The minimum absolute atomic E-state index is 0.671. The van der Waals surface area contributed by atoms with E-state index in [1.807, 2.05) is 0 Å². The average molecular weight is 293 g/mol. The van der Waals surface area contributed by atoms with Gasteiger partial charge in [-0.15, -0.1) is 10.2 Å². The van der Waals surface area contributed by atoms with Crippen molar-refractivity contribution in [3.63, 3.8) is 0 Å². The van der Waals surface area contributed by atoms with Crippen LogP contribution >= 0.6 is 23.1 Å². The zero-order valence-corrected chi connectivity index (χ0v) is 13.4. The molecule has 1 aromatic heterocycles. The highest BCUT2D eigenvalue weighted by atomic mass is 32.2. The minimum Gasteiger partial charge on any atom is -0.330 e. The van der Waals surface area contributed by atoms with Crippen molar-refractivity contribution in [3.8, 4) is 0 Å². The van der Waals surface area contributed by atoms with Gasteiger partial charge in [0.25, 0.3) is 0 Å². The molecule has 0 unspecified atom stereocenters. The maximum atomic E-state index is 4.21. The van der Waals surface area contributed by atoms with Gasteiger partial charge in [0.05, 0.1) is 0 Å². The molecule has 3 nitrogen and oxygen atoms in total. The number of aryl methyl sites for hydroxylation is 1. The van der Waals surface area contributed by atoms with Gasteiger partial charge in [0.2, 0.25) is 5.13 Å². The van der Waals surface area contributed by atoms with Crippen LogP contribution in [0, 0.1) is 19.8 Å². The molecule has 1 N–H and O–H groups in total. The molecule has 0 fully saturated rings. The summed E-state index contributed by atoms with van der Waals surface area (Å²) in [5.41, 5.74) is 3.65. The highest BCUT2D eigenvalue weighted by Gasteiger charge is 2.07. The first-order valence-corrected chi connectivity index (χ1v) is 8.16. The molecule has 0 bridgehead atoms. The number of anilines is 2. The summed E-state index contributed by atoms with van der Waals surface area (Å²) in [6, 6.07) is 6.25. The van der Waals surface area contributed by atoms with Crippen LogP contribution in [0.1, 0.15) is 25.0 Å². The van der Waals surface area contributed by atoms with E-state index < -0.39 is 0 Å². The van der Waals surface area contributed by atoms with Crippen molar-refractivity contribution in [3.05, 3.63) is 29.3 Å². The molecule has 1 heterocycles. The van der Waals surface area contributed by atoms with Gasteiger partial charge in [0.1, 0.15) is 0 Å². The van der Waals surface area contributed by atoms with Crippen molar-refractivity contribution >= 4 is 33.9 Å². The van der Waals surface area contributed by atoms with Crippen LogP contribution in [0.5, 0.6) is 0 Å². The lowest BCUT2D eigenvalue weighted by molar-refractivity contribution is 0.749. The molecule has 0 aliphatic carbocycles. The zero-order valence-electron chi connectivity index (χ0n) is 11.7. The molecule has 102 valence electrons. The molecule has 1 aromatic carbocycles. The van der Waals surface area contributed by atoms with Crippen LogP contribution in [0.3, 0.4) is 0 Å². The Bertz CT molecular complexity index is 549. The lowest BCUT2D eigenvalue weighted by atomic mass is 10.1. The molecule has 0 saturated heterocycles. The summed E-state index contributed by atoms with van der Waals surface area (Å²) < 4.78 is 1.03. The van der Waals surface area contributed by atoms with E-state index in [1.54, 1.807) is 23.1 Å². The van der Waals surface area contributed by atoms with E-state index in [-0.39, 0.29) is 0 Å². The van der Waals surface area contributed by atoms with Crippen molar-refractivity contribution in [2.45, 2.75) is 32.0 Å². The number of aromatic nitrogens is 2. The number of benzene rings is 1. The molecule has 0 aliphatic rings. The summed E-state index contributed by atoms with van der Waals surface area (Å²) in [6.45, 7) is 8.66. The number of rotatable bonds is 5. The summed E-state index contributed by atoms with van der Waals surface area (Å²) in [4.78, 5) is 0. The van der Waals surface area contributed by atoms with Gasteiger partial charge in [-0.05, 0) is 37.0 Å². The topological polar surface area (TPSA) is 37.8 Å². The van der Waals surface area contributed by atoms with Crippen LogP contribution in [-0.2, 0) is 0 Å². The SMILES string of the molecule is Cc1cccc(Nc2nnc(SCC(C)C)s2)c1C. The maximum absolute atomic E-state index is 4.21. The predicted octanol–water partition coefficient (Wildman–Crippen LogP) is 4.65. The first kappa shape index (κ1) is 14.3. The summed E-state index contributed by atoms with van der Waals surface area (Å²) >= 11 is 3.39. The van der Waals surface area contributed by atoms with E-state index in [0.717, 1.165) is 20.9 Å². The van der Waals surface area contributed by atoms with Gasteiger partial charge < -0.3 is 5.32 Å². The highest BCUT2D eigenvalue weighted by molar-refractivity contribution is 8.01. The molecule has 0 amide bonds. The quantitative estimate of drug-likeness (QED) is 0.815. The Hall–Kier alpha value is -1.07. The summed E-state index contributed by atoms with van der Waals surface area (Å²) in [7, 11) is 0. The monoisotopic (exact) mass is 293 g/mol. The second kappa shape index (κ2) is 6.39. The first-order chi connectivity index (χ1) is 9.06. The Kier molecular flexibility index (Phi) is 4.82. The average Bonchev–Trinajstić information content (AvgIpc) is 2.80. The van der Waals surface area contributed by atoms with Crippen LogP contribution < -0.4 is 5.32 Å². The Morgan fingerprint density at radius 1 is 1.26 bits per heavy atom. The predicted molar refractivity (Wildman–Crippen MR) is 84.7 cm³/mol. The fraction of sp³-hybridized carbons (Fsp3) is 0.429. The molecular weight excluding hydrogens is 274 g/mol. The second-order valence-electron chi connectivity index (χ2n) is 4.95. The number of hydrogen-bond acceptors (Lipinski definition) is 5. The standard InChI is InChI=1S/C14H19N3S2/c1-9(2)8-18-14-17-16-13(19-14)15-12-7-5-6-10(3)11(12)4/h5-7,9H,8H2,1-4H3,(H,15,16). The molecule has 0 spiro atoms. The van der Waals surface area contributed by atoms with Gasteiger partial charge in [0, 0.05) is 11.4 Å². The largest absolute Gasteiger partial charge is 0.330 e. The minimum atomic E-state index is 0.671. The Labute approximate surface area is 122 Å². The van der Waals surface area contributed by atoms with Crippen LogP contribution in [0.2, 0.25) is 0 Å². The van der Waals surface area contributed by atoms with E-state index in [1.165, 1.54) is 11.1 Å². The van der Waals surface area contributed by atoms with Crippen molar-refractivity contribution < 1.29 is 0 Å². The van der Waals surface area contributed by atoms with Gasteiger partial charge >= 0.3 is 0 Å². The Morgan fingerprint density at radius 3 is 2.79 bits per heavy atom. The van der Waals surface area contributed by atoms with Gasteiger partial charge in [-0.25, -0.2) is 0 Å². The lowest BCUT2D eigenvalue weighted by Crippen LogP contribution is -1.94. The third kappa shape index (κ3) is 3.94. The maximum Gasteiger partial charge on any atom is 0.210 e. The van der Waals surface area contributed by atoms with E-state index in [2.05, 4.69) is 61.4 Å². The molecule has 2 aromatic rings. The number of hydrogen-bond donors (Lipinski definition) is 1. The van der Waals surface area contributed by atoms with Crippen molar-refractivity contribution in [1.82, 2.24) is 10.2 Å². The van der Waals surface area contributed by atoms with Crippen molar-refractivity contribution in [1.29, 1.82) is 0 Å². The molecular formula is C14H19N3S2. The van der Waals surface area contributed by atoms with Crippen molar-refractivity contribution in [2.75, 3.05) is 11.1 Å². The third-order valence-electron chi connectivity index (χ3n) is 2.79. The van der Waals surface area contributed by atoms with E-state index in [0.29, 0.717) is 5.92 Å². The van der Waals surface area contributed by atoms with Gasteiger partial charge in [-0.3, -0.25) is 0 Å².